The number of amides is 1. The van der Waals surface area contributed by atoms with E-state index in [-0.39, 0.29) is 11.7 Å². The van der Waals surface area contributed by atoms with Crippen LogP contribution in [0.5, 0.6) is 5.75 Å². The molecule has 0 saturated carbocycles. The van der Waals surface area contributed by atoms with Crippen LogP contribution in [0.1, 0.15) is 25.2 Å². The summed E-state index contributed by atoms with van der Waals surface area (Å²) in [7, 11) is 0. The summed E-state index contributed by atoms with van der Waals surface area (Å²) in [6.07, 6.45) is 4.97. The van der Waals surface area contributed by atoms with Gasteiger partial charge in [0.2, 0.25) is 0 Å². The fraction of sp³-hybridized carbons (Fsp3) is 0.238. The molecule has 2 aromatic heterocycles. The fourth-order valence-corrected chi connectivity index (χ4v) is 2.72. The zero-order valence-electron chi connectivity index (χ0n) is 15.3. The molecule has 2 heterocycles. The monoisotopic (exact) mass is 368 g/mol. The first-order valence-electron chi connectivity index (χ1n) is 8.59. The number of carbonyl (C=O) groups excluding carboxylic acids is 1. The second-order valence-electron chi connectivity index (χ2n) is 6.67. The summed E-state index contributed by atoms with van der Waals surface area (Å²) in [5.74, 6) is 0.522. The van der Waals surface area contributed by atoms with Crippen molar-refractivity contribution in [3.63, 3.8) is 0 Å². The number of rotatable bonds is 7. The summed E-state index contributed by atoms with van der Waals surface area (Å²) >= 11 is 0. The van der Waals surface area contributed by atoms with E-state index in [9.17, 15) is 9.18 Å². The van der Waals surface area contributed by atoms with Crippen molar-refractivity contribution in [3.8, 4) is 5.75 Å². The van der Waals surface area contributed by atoms with Gasteiger partial charge in [-0.15, -0.1) is 0 Å². The molecule has 6 heteroatoms. The lowest BCUT2D eigenvalue weighted by Gasteiger charge is -2.32. The minimum atomic E-state index is -1.15. The number of hydrogen-bond acceptors (Lipinski definition) is 4. The topological polar surface area (TPSA) is 55.6 Å². The van der Waals surface area contributed by atoms with Crippen LogP contribution in [0.25, 0.3) is 0 Å². The van der Waals surface area contributed by atoms with Crippen LogP contribution in [0.2, 0.25) is 0 Å². The van der Waals surface area contributed by atoms with Crippen LogP contribution in [0.15, 0.2) is 71.6 Å². The van der Waals surface area contributed by atoms with Crippen LogP contribution >= 0.6 is 0 Å². The molecule has 0 fully saturated rings. The first-order valence-corrected chi connectivity index (χ1v) is 8.59. The van der Waals surface area contributed by atoms with Gasteiger partial charge in [0.1, 0.15) is 17.3 Å². The normalized spacial score (nSPS) is 11.2. The van der Waals surface area contributed by atoms with E-state index in [4.69, 9.17) is 9.15 Å². The van der Waals surface area contributed by atoms with Gasteiger partial charge in [-0.05, 0) is 61.9 Å². The summed E-state index contributed by atoms with van der Waals surface area (Å²) in [6.45, 7) is 4.05. The molecule has 0 spiro atoms. The summed E-state index contributed by atoms with van der Waals surface area (Å²) in [5.41, 5.74) is -0.248. The Balaban J connectivity index is 1.80. The third-order valence-electron chi connectivity index (χ3n) is 4.01. The Hall–Kier alpha value is -3.15. The summed E-state index contributed by atoms with van der Waals surface area (Å²) in [4.78, 5) is 19.0. The Labute approximate surface area is 157 Å². The van der Waals surface area contributed by atoms with Crippen molar-refractivity contribution in [1.29, 1.82) is 0 Å². The molecule has 3 aromatic rings. The molecule has 1 amide bonds. The van der Waals surface area contributed by atoms with Crippen LogP contribution in [-0.4, -0.2) is 21.4 Å². The van der Waals surface area contributed by atoms with Crippen molar-refractivity contribution in [3.05, 3.63) is 84.3 Å². The Kier molecular flexibility index (Phi) is 5.54. The zero-order valence-corrected chi connectivity index (χ0v) is 15.3. The van der Waals surface area contributed by atoms with E-state index in [1.807, 2.05) is 18.2 Å². The van der Waals surface area contributed by atoms with Gasteiger partial charge in [-0.2, -0.15) is 0 Å². The maximum Gasteiger partial charge on any atom is 0.266 e. The van der Waals surface area contributed by atoms with Crippen LogP contribution < -0.4 is 4.74 Å². The molecule has 27 heavy (non-hydrogen) atoms. The molecule has 0 radical (unpaired) electrons. The Morgan fingerprint density at radius 1 is 1.15 bits per heavy atom. The summed E-state index contributed by atoms with van der Waals surface area (Å²) in [5, 5.41) is 0. The van der Waals surface area contributed by atoms with Gasteiger partial charge in [0.15, 0.2) is 5.60 Å². The number of hydrogen-bond donors (Lipinski definition) is 0. The molecule has 0 aliphatic carbocycles. The summed E-state index contributed by atoms with van der Waals surface area (Å²) in [6, 6.07) is 12.9. The lowest BCUT2D eigenvalue weighted by atomic mass is 10.1. The van der Waals surface area contributed by atoms with Crippen molar-refractivity contribution in [2.24, 2.45) is 0 Å². The molecular formula is C21H21FN2O3. The van der Waals surface area contributed by atoms with Gasteiger partial charge in [-0.1, -0.05) is 6.07 Å². The first kappa shape index (κ1) is 18.6. The molecule has 140 valence electrons. The number of aromatic nitrogens is 1. The van der Waals surface area contributed by atoms with Crippen LogP contribution in [-0.2, 0) is 17.9 Å². The molecule has 0 bridgehead atoms. The average molecular weight is 368 g/mol. The van der Waals surface area contributed by atoms with Crippen molar-refractivity contribution < 1.29 is 18.3 Å². The predicted octanol–water partition coefficient (Wildman–Crippen LogP) is 4.20. The molecule has 0 saturated heterocycles. The molecule has 0 aliphatic rings. The van der Waals surface area contributed by atoms with E-state index in [1.54, 1.807) is 43.5 Å². The van der Waals surface area contributed by atoms with E-state index in [0.717, 1.165) is 5.56 Å². The second-order valence-corrected chi connectivity index (χ2v) is 6.67. The molecule has 1 aromatic carbocycles. The van der Waals surface area contributed by atoms with Gasteiger partial charge < -0.3 is 14.1 Å². The maximum absolute atomic E-state index is 13.2. The maximum atomic E-state index is 13.2. The van der Waals surface area contributed by atoms with Crippen molar-refractivity contribution >= 4 is 5.91 Å². The number of halogens is 1. The molecule has 5 nitrogen and oxygen atoms in total. The molecule has 0 atom stereocenters. The van der Waals surface area contributed by atoms with Crippen LogP contribution in [0.3, 0.4) is 0 Å². The summed E-state index contributed by atoms with van der Waals surface area (Å²) < 4.78 is 24.4. The van der Waals surface area contributed by atoms with Gasteiger partial charge in [0.05, 0.1) is 12.8 Å². The highest BCUT2D eigenvalue weighted by Crippen LogP contribution is 2.23. The Morgan fingerprint density at radius 3 is 2.56 bits per heavy atom. The number of nitrogens with zero attached hydrogens (tertiary/aromatic N) is 2. The van der Waals surface area contributed by atoms with E-state index >= 15 is 0 Å². The second kappa shape index (κ2) is 8.03. The van der Waals surface area contributed by atoms with Gasteiger partial charge >= 0.3 is 0 Å². The highest BCUT2D eigenvalue weighted by Gasteiger charge is 2.35. The average Bonchev–Trinajstić information content (AvgIpc) is 3.16. The van der Waals surface area contributed by atoms with Gasteiger partial charge in [-0.3, -0.25) is 9.78 Å². The third kappa shape index (κ3) is 4.94. The van der Waals surface area contributed by atoms with Gasteiger partial charge in [-0.25, -0.2) is 4.39 Å². The molecule has 3 rings (SSSR count). The SMILES string of the molecule is CC(C)(Oc1ccc(F)cc1)C(=O)N(Cc1cccnc1)Cc1ccco1. The number of benzene rings is 1. The minimum absolute atomic E-state index is 0.216. The smallest absolute Gasteiger partial charge is 0.266 e. The zero-order chi connectivity index (χ0) is 19.3. The van der Waals surface area contributed by atoms with E-state index in [0.29, 0.717) is 24.6 Å². The van der Waals surface area contributed by atoms with E-state index < -0.39 is 5.60 Å². The number of carbonyl (C=O) groups is 1. The number of furan rings is 1. The molecule has 0 N–H and O–H groups in total. The predicted molar refractivity (Wildman–Crippen MR) is 98.3 cm³/mol. The quantitative estimate of drug-likeness (QED) is 0.627. The first-order chi connectivity index (χ1) is 12.9. The lowest BCUT2D eigenvalue weighted by molar-refractivity contribution is -0.147. The number of pyridine rings is 1. The van der Waals surface area contributed by atoms with Gasteiger partial charge in [0, 0.05) is 18.9 Å². The van der Waals surface area contributed by atoms with Crippen molar-refractivity contribution in [2.75, 3.05) is 0 Å². The molecule has 0 unspecified atom stereocenters. The third-order valence-corrected chi connectivity index (χ3v) is 4.01. The lowest BCUT2D eigenvalue weighted by Crippen LogP contribution is -2.48. The van der Waals surface area contributed by atoms with Crippen LogP contribution in [0.4, 0.5) is 4.39 Å². The van der Waals surface area contributed by atoms with Crippen molar-refractivity contribution in [2.45, 2.75) is 32.5 Å². The highest BCUT2D eigenvalue weighted by molar-refractivity contribution is 5.84. The fourth-order valence-electron chi connectivity index (χ4n) is 2.72. The van der Waals surface area contributed by atoms with E-state index in [2.05, 4.69) is 4.98 Å². The van der Waals surface area contributed by atoms with E-state index in [1.165, 1.54) is 24.3 Å². The standard InChI is InChI=1S/C21H21FN2O3/c1-21(2,27-18-9-7-17(22)8-10-18)20(25)24(15-19-6-4-12-26-19)14-16-5-3-11-23-13-16/h3-13H,14-15H2,1-2H3. The molecule has 0 aliphatic heterocycles. The highest BCUT2D eigenvalue weighted by atomic mass is 19.1. The van der Waals surface area contributed by atoms with Gasteiger partial charge in [0.25, 0.3) is 5.91 Å². The Bertz CT molecular complexity index is 862. The minimum Gasteiger partial charge on any atom is -0.478 e. The number of ether oxygens (including phenoxy) is 1. The van der Waals surface area contributed by atoms with Crippen molar-refractivity contribution in [1.82, 2.24) is 9.88 Å². The largest absolute Gasteiger partial charge is 0.478 e. The molecular weight excluding hydrogens is 347 g/mol. The van der Waals surface area contributed by atoms with Crippen LogP contribution in [0, 0.1) is 5.82 Å². The Morgan fingerprint density at radius 2 is 1.93 bits per heavy atom.